The molecule has 7 heteroatoms. The molecule has 0 unspecified atom stereocenters. The van der Waals surface area contributed by atoms with Crippen molar-refractivity contribution in [3.05, 3.63) is 101 Å². The molecule has 2 heterocycles. The van der Waals surface area contributed by atoms with Crippen LogP contribution >= 0.6 is 11.6 Å². The zero-order valence-corrected chi connectivity index (χ0v) is 21.0. The molecule has 1 aliphatic rings. The summed E-state index contributed by atoms with van der Waals surface area (Å²) in [4.78, 5) is 17.8. The number of halogens is 2. The van der Waals surface area contributed by atoms with E-state index in [9.17, 15) is 9.18 Å². The Labute approximate surface area is 215 Å². The molecule has 1 aromatic heterocycles. The first kappa shape index (κ1) is 23.9. The van der Waals surface area contributed by atoms with Crippen molar-refractivity contribution in [2.75, 3.05) is 38.2 Å². The van der Waals surface area contributed by atoms with Gasteiger partial charge in [0.05, 0.1) is 24.1 Å². The number of rotatable bonds is 5. The lowest BCUT2D eigenvalue weighted by molar-refractivity contribution is 0.0746. The number of para-hydroxylation sites is 2. The second kappa shape index (κ2) is 10.1. The Morgan fingerprint density at radius 3 is 2.33 bits per heavy atom. The summed E-state index contributed by atoms with van der Waals surface area (Å²) in [6, 6.07) is 23.7. The molecule has 5 nitrogen and oxygen atoms in total. The average Bonchev–Trinajstić information content (AvgIpc) is 3.25. The molecule has 0 aliphatic carbocycles. The Morgan fingerprint density at radius 2 is 1.64 bits per heavy atom. The molecule has 0 radical (unpaired) electrons. The van der Waals surface area contributed by atoms with Crippen LogP contribution in [0.2, 0.25) is 5.02 Å². The molecular weight excluding hydrogens is 477 g/mol. The second-order valence-electron chi connectivity index (χ2n) is 8.80. The summed E-state index contributed by atoms with van der Waals surface area (Å²) in [6.07, 6.45) is 0. The van der Waals surface area contributed by atoms with E-state index in [0.29, 0.717) is 42.5 Å². The molecular formula is C29H27ClFN3O2. The van der Waals surface area contributed by atoms with Gasteiger partial charge >= 0.3 is 0 Å². The van der Waals surface area contributed by atoms with Gasteiger partial charge < -0.3 is 19.1 Å². The van der Waals surface area contributed by atoms with Crippen molar-refractivity contribution in [3.63, 3.8) is 0 Å². The Balaban J connectivity index is 1.46. The minimum Gasteiger partial charge on any atom is -0.495 e. The predicted molar refractivity (Wildman–Crippen MR) is 142 cm³/mol. The average molecular weight is 504 g/mol. The van der Waals surface area contributed by atoms with Crippen molar-refractivity contribution in [2.45, 2.75) is 6.92 Å². The molecule has 5 rings (SSSR count). The summed E-state index contributed by atoms with van der Waals surface area (Å²) in [5.74, 6) is 0.466. The van der Waals surface area contributed by atoms with Gasteiger partial charge in [-0.05, 0) is 61.0 Å². The third-order valence-electron chi connectivity index (χ3n) is 6.68. The number of piperazine rings is 1. The maximum absolute atomic E-state index is 14.1. The molecule has 0 bridgehead atoms. The number of methoxy groups -OCH3 is 1. The molecule has 184 valence electrons. The van der Waals surface area contributed by atoms with Gasteiger partial charge in [0.1, 0.15) is 11.6 Å². The molecule has 0 spiro atoms. The van der Waals surface area contributed by atoms with Crippen LogP contribution < -0.4 is 9.64 Å². The van der Waals surface area contributed by atoms with Gasteiger partial charge in [-0.3, -0.25) is 4.79 Å². The lowest BCUT2D eigenvalue weighted by Gasteiger charge is -2.36. The van der Waals surface area contributed by atoms with Crippen molar-refractivity contribution in [1.82, 2.24) is 9.47 Å². The first-order valence-corrected chi connectivity index (χ1v) is 12.3. The van der Waals surface area contributed by atoms with Crippen molar-refractivity contribution < 1.29 is 13.9 Å². The first-order chi connectivity index (χ1) is 17.5. The fourth-order valence-electron chi connectivity index (χ4n) is 4.82. The van der Waals surface area contributed by atoms with E-state index in [1.54, 1.807) is 13.2 Å². The highest BCUT2D eigenvalue weighted by Crippen LogP contribution is 2.32. The predicted octanol–water partition coefficient (Wildman–Crippen LogP) is 6.22. The lowest BCUT2D eigenvalue weighted by atomic mass is 10.1. The molecule has 1 aliphatic heterocycles. The normalized spacial score (nSPS) is 13.7. The van der Waals surface area contributed by atoms with Crippen molar-refractivity contribution in [2.24, 2.45) is 0 Å². The van der Waals surface area contributed by atoms with Gasteiger partial charge in [-0.2, -0.15) is 0 Å². The van der Waals surface area contributed by atoms with Crippen LogP contribution in [0.5, 0.6) is 5.75 Å². The van der Waals surface area contributed by atoms with Crippen LogP contribution in [-0.4, -0.2) is 48.7 Å². The van der Waals surface area contributed by atoms with Crippen LogP contribution in [0.1, 0.15) is 16.1 Å². The highest BCUT2D eigenvalue weighted by molar-refractivity contribution is 6.30. The molecule has 36 heavy (non-hydrogen) atoms. The number of hydrogen-bond donors (Lipinski definition) is 0. The van der Waals surface area contributed by atoms with Gasteiger partial charge in [-0.1, -0.05) is 41.9 Å². The Hall–Kier alpha value is -3.77. The topological polar surface area (TPSA) is 37.7 Å². The van der Waals surface area contributed by atoms with E-state index >= 15 is 0 Å². The van der Waals surface area contributed by atoms with E-state index in [0.717, 1.165) is 28.4 Å². The largest absolute Gasteiger partial charge is 0.495 e. The van der Waals surface area contributed by atoms with Crippen molar-refractivity contribution >= 4 is 23.2 Å². The van der Waals surface area contributed by atoms with Crippen LogP contribution in [0.4, 0.5) is 10.1 Å². The quantitative estimate of drug-likeness (QED) is 0.324. The fraction of sp³-hybridized carbons (Fsp3) is 0.207. The number of carbonyl (C=O) groups is 1. The number of amides is 1. The number of carbonyl (C=O) groups excluding carboxylic acids is 1. The van der Waals surface area contributed by atoms with Crippen LogP contribution in [0.3, 0.4) is 0 Å². The van der Waals surface area contributed by atoms with E-state index in [-0.39, 0.29) is 11.7 Å². The molecule has 0 N–H and O–H groups in total. The fourth-order valence-corrected chi connectivity index (χ4v) is 4.94. The van der Waals surface area contributed by atoms with Gasteiger partial charge in [-0.25, -0.2) is 4.39 Å². The van der Waals surface area contributed by atoms with Crippen LogP contribution in [0.15, 0.2) is 78.9 Å². The van der Waals surface area contributed by atoms with E-state index in [1.807, 2.05) is 77.1 Å². The second-order valence-corrected chi connectivity index (χ2v) is 9.24. The first-order valence-electron chi connectivity index (χ1n) is 11.9. The summed E-state index contributed by atoms with van der Waals surface area (Å²) >= 11 is 6.11. The van der Waals surface area contributed by atoms with Gasteiger partial charge in [-0.15, -0.1) is 0 Å². The van der Waals surface area contributed by atoms with Gasteiger partial charge in [0.2, 0.25) is 0 Å². The molecule has 0 saturated carbocycles. The molecule has 1 amide bonds. The highest BCUT2D eigenvalue weighted by Gasteiger charge is 2.27. The molecule has 1 fully saturated rings. The number of aromatic nitrogens is 1. The highest BCUT2D eigenvalue weighted by atomic mass is 35.5. The smallest absolute Gasteiger partial charge is 0.255 e. The zero-order valence-electron chi connectivity index (χ0n) is 20.2. The van der Waals surface area contributed by atoms with E-state index in [2.05, 4.69) is 4.90 Å². The number of hydrogen-bond acceptors (Lipinski definition) is 3. The minimum atomic E-state index is -0.331. The Bertz CT molecular complexity index is 1390. The van der Waals surface area contributed by atoms with Gasteiger partial charge in [0.15, 0.2) is 0 Å². The maximum atomic E-state index is 14.1. The van der Waals surface area contributed by atoms with Gasteiger partial charge in [0, 0.05) is 42.6 Å². The molecule has 4 aromatic rings. The maximum Gasteiger partial charge on any atom is 0.255 e. The SMILES string of the molecule is COc1ccccc1N1CCN(C(=O)c2cc(-c3ccc(Cl)cc3)n(-c3cccc(F)c3)c2C)CC1. The Kier molecular flexibility index (Phi) is 6.70. The summed E-state index contributed by atoms with van der Waals surface area (Å²) in [7, 11) is 1.67. The molecule has 3 aromatic carbocycles. The van der Waals surface area contributed by atoms with Gasteiger partial charge in [0.25, 0.3) is 5.91 Å². The monoisotopic (exact) mass is 503 g/mol. The third-order valence-corrected chi connectivity index (χ3v) is 6.93. The zero-order chi connectivity index (χ0) is 25.2. The summed E-state index contributed by atoms with van der Waals surface area (Å²) in [6.45, 7) is 4.51. The molecule has 0 atom stereocenters. The van der Waals surface area contributed by atoms with Crippen LogP contribution in [-0.2, 0) is 0 Å². The van der Waals surface area contributed by atoms with Crippen molar-refractivity contribution in [3.8, 4) is 22.7 Å². The number of ether oxygens (including phenoxy) is 1. The minimum absolute atomic E-state index is 0.0301. The van der Waals surface area contributed by atoms with E-state index < -0.39 is 0 Å². The number of benzene rings is 3. The third kappa shape index (κ3) is 4.56. The number of anilines is 1. The summed E-state index contributed by atoms with van der Waals surface area (Å²) < 4.78 is 21.6. The lowest BCUT2D eigenvalue weighted by Crippen LogP contribution is -2.49. The number of nitrogens with zero attached hydrogens (tertiary/aromatic N) is 3. The Morgan fingerprint density at radius 1 is 0.917 bits per heavy atom. The van der Waals surface area contributed by atoms with E-state index in [4.69, 9.17) is 16.3 Å². The summed E-state index contributed by atoms with van der Waals surface area (Å²) in [5, 5.41) is 0.628. The standard InChI is InChI=1S/C29H27ClFN3O2/c1-20-25(29(35)33-16-14-32(15-17-33)26-8-3-4-9-28(26)36-2)19-27(21-10-12-22(30)13-11-21)34(20)24-7-5-6-23(31)18-24/h3-13,18-19H,14-17H2,1-2H3. The van der Waals surface area contributed by atoms with Crippen LogP contribution in [0, 0.1) is 12.7 Å². The van der Waals surface area contributed by atoms with E-state index in [1.165, 1.54) is 12.1 Å². The van der Waals surface area contributed by atoms with Crippen LogP contribution in [0.25, 0.3) is 16.9 Å². The summed E-state index contributed by atoms with van der Waals surface area (Å²) in [5.41, 5.74) is 4.78. The molecule has 1 saturated heterocycles. The van der Waals surface area contributed by atoms with Crippen molar-refractivity contribution in [1.29, 1.82) is 0 Å².